The summed E-state index contributed by atoms with van der Waals surface area (Å²) in [5, 5.41) is 2.05. The lowest BCUT2D eigenvalue weighted by Crippen LogP contribution is -2.19. The topological polar surface area (TPSA) is 29.1 Å². The molecule has 1 amide bonds. The fourth-order valence-corrected chi connectivity index (χ4v) is 1.36. The molecule has 0 aliphatic heterocycles. The summed E-state index contributed by atoms with van der Waals surface area (Å²) >= 11 is 5.46. The van der Waals surface area contributed by atoms with E-state index in [9.17, 15) is 18.0 Å². The predicted octanol–water partition coefficient (Wildman–Crippen LogP) is 2.85. The zero-order chi connectivity index (χ0) is 13.8. The smallest absolute Gasteiger partial charge is 0.345 e. The number of benzene rings is 1. The van der Waals surface area contributed by atoms with Gasteiger partial charge in [0.1, 0.15) is 0 Å². The first-order valence-corrected chi connectivity index (χ1v) is 5.28. The number of nitrogens with one attached hydrogen (secondary N) is 1. The Balaban J connectivity index is 2.89. The van der Waals surface area contributed by atoms with Gasteiger partial charge in [0.2, 0.25) is 5.91 Å². The average molecular weight is 276 g/mol. The molecule has 2 nitrogen and oxygen atoms in total. The predicted molar refractivity (Wildman–Crippen MR) is 62.0 cm³/mol. The minimum absolute atomic E-state index is 0.0826. The molecule has 0 saturated heterocycles. The lowest BCUT2D eigenvalue weighted by atomic mass is 10.1. The van der Waals surface area contributed by atoms with E-state index in [0.717, 1.165) is 12.1 Å². The van der Waals surface area contributed by atoms with Crippen molar-refractivity contribution < 1.29 is 18.0 Å². The van der Waals surface area contributed by atoms with Crippen LogP contribution in [0.15, 0.2) is 18.2 Å². The maximum absolute atomic E-state index is 12.5. The van der Waals surface area contributed by atoms with Crippen LogP contribution in [0.5, 0.6) is 0 Å². The Kier molecular flexibility index (Phi) is 4.62. The summed E-state index contributed by atoms with van der Waals surface area (Å²) in [5.41, 5.74) is -0.729. The molecule has 18 heavy (non-hydrogen) atoms. The molecule has 1 aromatic rings. The van der Waals surface area contributed by atoms with E-state index in [1.54, 1.807) is 0 Å². The fraction of sp³-hybridized carbons (Fsp3) is 0.250. The van der Waals surface area contributed by atoms with E-state index in [4.69, 9.17) is 11.6 Å². The Morgan fingerprint density at radius 1 is 1.44 bits per heavy atom. The lowest BCUT2D eigenvalue weighted by molar-refractivity contribution is -0.137. The van der Waals surface area contributed by atoms with Crippen LogP contribution in [0.1, 0.15) is 18.1 Å². The third kappa shape index (κ3) is 4.30. The highest BCUT2D eigenvalue weighted by molar-refractivity contribution is 6.31. The Morgan fingerprint density at radius 3 is 2.67 bits per heavy atom. The number of halogens is 4. The molecular weight excluding hydrogens is 267 g/mol. The number of carbonyl (C=O) groups excluding carboxylic acids is 1. The van der Waals surface area contributed by atoms with Gasteiger partial charge in [0.05, 0.1) is 17.1 Å². The average Bonchev–Trinajstić information content (AvgIpc) is 2.24. The van der Waals surface area contributed by atoms with Crippen LogP contribution in [0, 0.1) is 11.8 Å². The van der Waals surface area contributed by atoms with Crippen molar-refractivity contribution >= 4 is 17.5 Å². The van der Waals surface area contributed by atoms with Crippen LogP contribution in [0.25, 0.3) is 0 Å². The number of alkyl halides is 3. The monoisotopic (exact) mass is 275 g/mol. The molecule has 0 spiro atoms. The minimum atomic E-state index is -4.51. The number of hydrogen-bond acceptors (Lipinski definition) is 1. The molecule has 0 aliphatic carbocycles. The Morgan fingerprint density at radius 2 is 2.11 bits per heavy atom. The van der Waals surface area contributed by atoms with E-state index in [1.807, 2.05) is 0 Å². The van der Waals surface area contributed by atoms with E-state index in [1.165, 1.54) is 13.0 Å². The van der Waals surface area contributed by atoms with Crippen molar-refractivity contribution in [1.29, 1.82) is 0 Å². The van der Waals surface area contributed by atoms with E-state index in [0.29, 0.717) is 0 Å². The second-order valence-corrected chi connectivity index (χ2v) is 3.81. The van der Waals surface area contributed by atoms with Crippen molar-refractivity contribution in [3.05, 3.63) is 34.3 Å². The molecule has 0 aromatic heterocycles. The molecule has 6 heteroatoms. The van der Waals surface area contributed by atoms with Crippen molar-refractivity contribution in [2.45, 2.75) is 13.1 Å². The lowest BCUT2D eigenvalue weighted by Gasteiger charge is -2.08. The zero-order valence-corrected chi connectivity index (χ0v) is 10.1. The maximum Gasteiger partial charge on any atom is 0.417 e. The van der Waals surface area contributed by atoms with Crippen LogP contribution in [-0.4, -0.2) is 12.5 Å². The van der Waals surface area contributed by atoms with Gasteiger partial charge >= 0.3 is 6.18 Å². The quantitative estimate of drug-likeness (QED) is 0.785. The molecule has 0 radical (unpaired) electrons. The number of carbonyl (C=O) groups is 1. The summed E-state index contributed by atoms with van der Waals surface area (Å²) in [7, 11) is 0. The first-order chi connectivity index (χ1) is 8.30. The van der Waals surface area contributed by atoms with Gasteiger partial charge in [-0.05, 0) is 18.2 Å². The Hall–Kier alpha value is -1.67. The van der Waals surface area contributed by atoms with Gasteiger partial charge < -0.3 is 5.32 Å². The van der Waals surface area contributed by atoms with Gasteiger partial charge in [0, 0.05) is 12.5 Å². The van der Waals surface area contributed by atoms with Gasteiger partial charge in [-0.2, -0.15) is 13.2 Å². The SMILES string of the molecule is CC(=O)NCC#Cc1ccc(Cl)c(C(F)(F)F)c1. The van der Waals surface area contributed by atoms with Crippen LogP contribution in [0.3, 0.4) is 0 Å². The molecule has 0 fully saturated rings. The molecule has 0 bridgehead atoms. The standard InChI is InChI=1S/C12H9ClF3NO/c1-8(18)17-6-2-3-9-4-5-11(13)10(7-9)12(14,15)16/h4-5,7H,6H2,1H3,(H,17,18). The van der Waals surface area contributed by atoms with Gasteiger partial charge in [0.25, 0.3) is 0 Å². The summed E-state index contributed by atoms with van der Waals surface area (Å²) in [4.78, 5) is 10.5. The van der Waals surface area contributed by atoms with Gasteiger partial charge in [-0.25, -0.2) is 0 Å². The normalized spacial score (nSPS) is 10.5. The minimum Gasteiger partial charge on any atom is -0.345 e. The fourth-order valence-electron chi connectivity index (χ4n) is 1.14. The maximum atomic E-state index is 12.5. The second kappa shape index (κ2) is 5.78. The van der Waals surface area contributed by atoms with Crippen molar-refractivity contribution in [3.63, 3.8) is 0 Å². The molecular formula is C12H9ClF3NO. The number of rotatable bonds is 1. The first kappa shape index (κ1) is 14.4. The van der Waals surface area contributed by atoms with E-state index in [2.05, 4.69) is 17.2 Å². The Labute approximate surface area is 107 Å². The molecule has 1 N–H and O–H groups in total. The highest BCUT2D eigenvalue weighted by Crippen LogP contribution is 2.34. The molecule has 0 saturated carbocycles. The summed E-state index contributed by atoms with van der Waals surface area (Å²) in [6.45, 7) is 1.41. The Bertz CT molecular complexity index is 514. The molecule has 1 rings (SSSR count). The van der Waals surface area contributed by atoms with Crippen molar-refractivity contribution in [3.8, 4) is 11.8 Å². The third-order valence-electron chi connectivity index (χ3n) is 1.93. The largest absolute Gasteiger partial charge is 0.417 e. The summed E-state index contributed by atoms with van der Waals surface area (Å²) in [6.07, 6.45) is -4.51. The molecule has 0 atom stereocenters. The van der Waals surface area contributed by atoms with Gasteiger partial charge in [0.15, 0.2) is 0 Å². The van der Waals surface area contributed by atoms with Crippen LogP contribution in [0.2, 0.25) is 5.02 Å². The molecule has 96 valence electrons. The van der Waals surface area contributed by atoms with Crippen molar-refractivity contribution in [2.24, 2.45) is 0 Å². The molecule has 0 aliphatic rings. The summed E-state index contributed by atoms with van der Waals surface area (Å²) in [5.74, 6) is 4.80. The molecule has 0 heterocycles. The summed E-state index contributed by atoms with van der Waals surface area (Å²) < 4.78 is 37.6. The molecule has 0 unspecified atom stereocenters. The number of hydrogen-bond donors (Lipinski definition) is 1. The van der Waals surface area contributed by atoms with Crippen molar-refractivity contribution in [2.75, 3.05) is 6.54 Å². The van der Waals surface area contributed by atoms with Crippen LogP contribution < -0.4 is 5.32 Å². The van der Waals surface area contributed by atoms with Crippen molar-refractivity contribution in [1.82, 2.24) is 5.32 Å². The van der Waals surface area contributed by atoms with Gasteiger partial charge in [-0.15, -0.1) is 0 Å². The first-order valence-electron chi connectivity index (χ1n) is 4.91. The highest BCUT2D eigenvalue weighted by Gasteiger charge is 2.33. The van der Waals surface area contributed by atoms with Crippen LogP contribution in [-0.2, 0) is 11.0 Å². The van der Waals surface area contributed by atoms with Crippen LogP contribution >= 0.6 is 11.6 Å². The summed E-state index contributed by atoms with van der Waals surface area (Å²) in [6, 6.07) is 3.41. The van der Waals surface area contributed by atoms with Gasteiger partial charge in [-0.3, -0.25) is 4.79 Å². The third-order valence-corrected chi connectivity index (χ3v) is 2.26. The zero-order valence-electron chi connectivity index (χ0n) is 9.36. The molecule has 1 aromatic carbocycles. The highest BCUT2D eigenvalue weighted by atomic mass is 35.5. The van der Waals surface area contributed by atoms with E-state index >= 15 is 0 Å². The van der Waals surface area contributed by atoms with Gasteiger partial charge in [-0.1, -0.05) is 23.4 Å². The van der Waals surface area contributed by atoms with Crippen LogP contribution in [0.4, 0.5) is 13.2 Å². The number of amides is 1. The second-order valence-electron chi connectivity index (χ2n) is 3.40. The van der Waals surface area contributed by atoms with E-state index in [-0.39, 0.29) is 23.0 Å². The van der Waals surface area contributed by atoms with E-state index < -0.39 is 11.7 Å².